The first kappa shape index (κ1) is 55.5. The van der Waals surface area contributed by atoms with Crippen LogP contribution in [-0.4, -0.2) is 90.1 Å². The van der Waals surface area contributed by atoms with Gasteiger partial charge in [-0.3, -0.25) is 50.1 Å². The van der Waals surface area contributed by atoms with Gasteiger partial charge in [-0.25, -0.2) is 32.1 Å². The molecular formula is C50H47F3IrN19. The first-order valence-corrected chi connectivity index (χ1v) is 21.8. The second-order valence-corrected chi connectivity index (χ2v) is 16.9. The number of halogens is 3. The van der Waals surface area contributed by atoms with Crippen molar-refractivity contribution >= 4 is 0 Å². The molecular weight excluding hydrogens is 1120 g/mol. The summed E-state index contributed by atoms with van der Waals surface area (Å²) in [6.07, 6.45) is 14.5. The van der Waals surface area contributed by atoms with Crippen LogP contribution in [0.3, 0.4) is 0 Å². The Kier molecular flexibility index (Phi) is 19.9. The van der Waals surface area contributed by atoms with E-state index in [0.717, 1.165) is 52.3 Å². The molecule has 0 amide bonds. The molecule has 1 N–H and O–H groups in total. The van der Waals surface area contributed by atoms with Crippen molar-refractivity contribution in [3.05, 3.63) is 176 Å². The van der Waals surface area contributed by atoms with Gasteiger partial charge >= 0.3 is 26.3 Å². The van der Waals surface area contributed by atoms with Gasteiger partial charge in [0.15, 0.2) is 0 Å². The second kappa shape index (κ2) is 26.1. The van der Waals surface area contributed by atoms with E-state index in [9.17, 15) is 13.2 Å². The fourth-order valence-corrected chi connectivity index (χ4v) is 5.45. The smallest absolute Gasteiger partial charge is 0.420 e. The van der Waals surface area contributed by atoms with E-state index >= 15 is 0 Å². The zero-order valence-corrected chi connectivity index (χ0v) is 43.1. The fourth-order valence-electron chi connectivity index (χ4n) is 5.45. The number of hydrogen-bond donors (Lipinski definition) is 1. The van der Waals surface area contributed by atoms with Crippen molar-refractivity contribution in [1.29, 1.82) is 0 Å². The molecule has 0 aromatic carbocycles. The largest absolute Gasteiger partial charge is 3.00 e. The number of aryl methyl sites for hydroxylation is 2. The summed E-state index contributed by atoms with van der Waals surface area (Å²) in [5, 5.41) is 15.1. The molecule has 0 bridgehead atoms. The van der Waals surface area contributed by atoms with Crippen molar-refractivity contribution in [2.24, 2.45) is 0 Å². The van der Waals surface area contributed by atoms with Crippen LogP contribution >= 0.6 is 0 Å². The third-order valence-corrected chi connectivity index (χ3v) is 9.01. The van der Waals surface area contributed by atoms with E-state index in [-0.39, 0.29) is 36.6 Å². The first-order valence-electron chi connectivity index (χ1n) is 21.8. The molecule has 0 aliphatic rings. The number of H-pyrrole nitrogens is 1. The van der Waals surface area contributed by atoms with Crippen molar-refractivity contribution < 1.29 is 33.3 Å². The van der Waals surface area contributed by atoms with Crippen LogP contribution in [0.15, 0.2) is 135 Å². The van der Waals surface area contributed by atoms with E-state index in [1.807, 2.05) is 71.0 Å². The topological polar surface area (TPSA) is 249 Å². The van der Waals surface area contributed by atoms with E-state index in [2.05, 4.69) is 128 Å². The minimum Gasteiger partial charge on any atom is -0.420 e. The third-order valence-electron chi connectivity index (χ3n) is 9.01. The van der Waals surface area contributed by atoms with Crippen molar-refractivity contribution in [3.63, 3.8) is 0 Å². The Morgan fingerprint density at radius 3 is 1.42 bits per heavy atom. The van der Waals surface area contributed by atoms with Crippen LogP contribution in [0.5, 0.6) is 0 Å². The van der Waals surface area contributed by atoms with Gasteiger partial charge in [-0.1, -0.05) is 94.9 Å². The van der Waals surface area contributed by atoms with Crippen LogP contribution in [0, 0.1) is 26.0 Å². The summed E-state index contributed by atoms with van der Waals surface area (Å²) >= 11 is 0. The van der Waals surface area contributed by atoms with Gasteiger partial charge in [-0.2, -0.15) is 18.3 Å². The Bertz CT molecular complexity index is 3000. The number of aromatic nitrogens is 19. The van der Waals surface area contributed by atoms with Crippen molar-refractivity contribution in [2.45, 2.75) is 72.4 Å². The van der Waals surface area contributed by atoms with Gasteiger partial charge in [0.05, 0.1) is 29.5 Å². The molecule has 0 saturated carbocycles. The maximum atomic E-state index is 12.3. The molecule has 10 aromatic heterocycles. The van der Waals surface area contributed by atoms with Gasteiger partial charge in [0.25, 0.3) is 0 Å². The number of hydrogen-bond acceptors (Lipinski definition) is 17. The van der Waals surface area contributed by atoms with Gasteiger partial charge in [0, 0.05) is 66.2 Å². The van der Waals surface area contributed by atoms with Gasteiger partial charge in [-0.15, -0.1) is 12.1 Å². The van der Waals surface area contributed by atoms with E-state index in [4.69, 9.17) is 0 Å². The zero-order valence-electron chi connectivity index (χ0n) is 40.7. The molecule has 0 fully saturated rings. The summed E-state index contributed by atoms with van der Waals surface area (Å²) < 4.78 is 37.0. The van der Waals surface area contributed by atoms with E-state index in [1.165, 1.54) is 12.3 Å². The Morgan fingerprint density at radius 2 is 1.00 bits per heavy atom. The number of rotatable bonds is 5. The molecule has 0 spiro atoms. The van der Waals surface area contributed by atoms with Gasteiger partial charge < -0.3 is 20.1 Å². The average molecular weight is 1160 g/mol. The second-order valence-electron chi connectivity index (χ2n) is 16.9. The van der Waals surface area contributed by atoms with Crippen LogP contribution in [0.1, 0.15) is 70.7 Å². The Hall–Kier alpha value is -8.43. The molecule has 10 heterocycles. The summed E-state index contributed by atoms with van der Waals surface area (Å²) in [7, 11) is 0. The summed E-state index contributed by atoms with van der Waals surface area (Å²) in [4.78, 5) is 60.1. The summed E-state index contributed by atoms with van der Waals surface area (Å²) in [6, 6.07) is 23.6. The van der Waals surface area contributed by atoms with Crippen molar-refractivity contribution in [2.75, 3.05) is 0 Å². The SMILES string of the molecule is CC(C)(C)c1n[n-]c(-c2cnccn2)n1.CC(C)(C)c1nc(-c2cnccn2)n[nH]1.Cc1nc[c-]c(-c2ccccn2)n1.Cc1nc[c-]c(-c2ccccn2)n1.FC(F)(F)c1nccc(-c2ccccn2)n1.[Ir+3]. The Labute approximate surface area is 432 Å². The van der Waals surface area contributed by atoms with Crippen LogP contribution in [-0.2, 0) is 37.1 Å². The molecule has 0 unspecified atom stereocenters. The predicted molar refractivity (Wildman–Crippen MR) is 259 cm³/mol. The Balaban J connectivity index is 0.000000169. The summed E-state index contributed by atoms with van der Waals surface area (Å²) in [6.45, 7) is 16.1. The number of pyridine rings is 3. The molecule has 0 aliphatic carbocycles. The molecule has 19 nitrogen and oxygen atoms in total. The maximum Gasteiger partial charge on any atom is 3.00 e. The van der Waals surface area contributed by atoms with Crippen LogP contribution in [0.25, 0.3) is 57.2 Å². The standard InChI is InChI=1S/C10H6F3N3.C10H13N5.C10H12N5.2C10H8N3.Ir/c11-10(12,13)9-15-6-4-8(16-9)7-3-1-2-5-14-7;2*1-10(2,3)9-13-8(14-15-9)7-6-11-4-5-12-7;2*1-8-11-7-5-10(13-8)9-4-2-3-6-12-9;/h1-6H;4-6H,1-3H3,(H,13,14,15);4-6H,1-3H3;2*2-4,6-7H,1H3;/q;;3*-1;+3. The molecule has 0 radical (unpaired) electrons. The van der Waals surface area contributed by atoms with Crippen molar-refractivity contribution in [1.82, 2.24) is 95.2 Å². The maximum absolute atomic E-state index is 12.3. The van der Waals surface area contributed by atoms with Crippen molar-refractivity contribution in [3.8, 4) is 57.2 Å². The van der Waals surface area contributed by atoms with Crippen LogP contribution in [0.2, 0.25) is 0 Å². The summed E-state index contributed by atoms with van der Waals surface area (Å²) in [5.74, 6) is 3.02. The minimum atomic E-state index is -4.54. The molecule has 0 saturated heterocycles. The average Bonchev–Trinajstić information content (AvgIpc) is 4.12. The molecule has 0 aliphatic heterocycles. The van der Waals surface area contributed by atoms with Crippen LogP contribution in [0.4, 0.5) is 13.2 Å². The molecule has 372 valence electrons. The number of alkyl halides is 3. The number of nitrogens with one attached hydrogen (secondary N) is 1. The van der Waals surface area contributed by atoms with Crippen LogP contribution < -0.4 is 5.10 Å². The molecule has 73 heavy (non-hydrogen) atoms. The summed E-state index contributed by atoms with van der Waals surface area (Å²) in [5.41, 5.74) is 4.89. The van der Waals surface area contributed by atoms with Gasteiger partial charge in [-0.05, 0) is 50.0 Å². The molecule has 10 rings (SSSR count). The third kappa shape index (κ3) is 17.4. The molecule has 0 atom stereocenters. The number of nitrogens with zero attached hydrogens (tertiary/aromatic N) is 18. The minimum absolute atomic E-state index is 0. The Morgan fingerprint density at radius 1 is 0.479 bits per heavy atom. The van der Waals surface area contributed by atoms with E-state index in [1.54, 1.807) is 80.2 Å². The predicted octanol–water partition coefficient (Wildman–Crippen LogP) is 8.60. The zero-order chi connectivity index (χ0) is 51.6. The number of aromatic amines is 1. The quantitative estimate of drug-likeness (QED) is 0.158. The van der Waals surface area contributed by atoms with Gasteiger partial charge in [0.1, 0.15) is 23.2 Å². The van der Waals surface area contributed by atoms with Gasteiger partial charge in [0.2, 0.25) is 11.6 Å². The van der Waals surface area contributed by atoms with E-state index in [0.29, 0.717) is 28.7 Å². The normalized spacial score (nSPS) is 10.8. The molecule has 23 heteroatoms. The van der Waals surface area contributed by atoms with E-state index < -0.39 is 12.0 Å². The first-order chi connectivity index (χ1) is 34.4. The molecule has 10 aromatic rings. The monoisotopic (exact) mass is 1160 g/mol. The fraction of sp³-hybridized carbons (Fsp3) is 0.220.